The molecule has 2 saturated heterocycles. The molecule has 2 aliphatic heterocycles. The minimum Gasteiger partial charge on any atom is -0.342 e. The molecule has 1 aromatic rings. The van der Waals surface area contributed by atoms with E-state index in [9.17, 15) is 4.79 Å². The van der Waals surface area contributed by atoms with Gasteiger partial charge in [-0.15, -0.1) is 11.3 Å². The molecule has 0 aromatic carbocycles. The first-order valence-electron chi connectivity index (χ1n) is 9.18. The molecule has 4 rings (SSSR count). The van der Waals surface area contributed by atoms with Crippen LogP contribution in [0.4, 0.5) is 0 Å². The molecule has 4 nitrogen and oxygen atoms in total. The predicted octanol–water partition coefficient (Wildman–Crippen LogP) is 3.00. The molecule has 0 spiro atoms. The first-order chi connectivity index (χ1) is 11.3. The van der Waals surface area contributed by atoms with Gasteiger partial charge in [0.15, 0.2) is 0 Å². The molecule has 2 unspecified atom stereocenters. The van der Waals surface area contributed by atoms with E-state index in [2.05, 4.69) is 14.8 Å². The monoisotopic (exact) mass is 333 g/mol. The summed E-state index contributed by atoms with van der Waals surface area (Å²) < 4.78 is 0. The van der Waals surface area contributed by atoms with Gasteiger partial charge in [-0.05, 0) is 50.6 Å². The Kier molecular flexibility index (Phi) is 4.67. The first-order valence-corrected chi connectivity index (χ1v) is 10.1. The number of hydrogen-bond donors (Lipinski definition) is 0. The number of rotatable bonds is 3. The molecule has 126 valence electrons. The zero-order valence-corrected chi connectivity index (χ0v) is 14.6. The van der Waals surface area contributed by atoms with Crippen LogP contribution >= 0.6 is 11.3 Å². The highest BCUT2D eigenvalue weighted by atomic mass is 32.1. The minimum atomic E-state index is 0.271. The Morgan fingerprint density at radius 1 is 1.13 bits per heavy atom. The molecule has 3 fully saturated rings. The second kappa shape index (κ2) is 6.89. The van der Waals surface area contributed by atoms with E-state index in [1.54, 1.807) is 11.3 Å². The van der Waals surface area contributed by atoms with Crippen molar-refractivity contribution in [3.05, 3.63) is 16.6 Å². The fraction of sp³-hybridized carbons (Fsp3) is 0.778. The Bertz CT molecular complexity index is 510. The van der Waals surface area contributed by atoms with Crippen molar-refractivity contribution in [2.24, 2.45) is 17.8 Å². The lowest BCUT2D eigenvalue weighted by Crippen LogP contribution is -2.41. The van der Waals surface area contributed by atoms with Gasteiger partial charge in [-0.1, -0.05) is 12.8 Å². The Morgan fingerprint density at radius 2 is 1.83 bits per heavy atom. The van der Waals surface area contributed by atoms with Crippen molar-refractivity contribution in [3.63, 3.8) is 0 Å². The SMILES string of the molecule is O=C(C1CCN(Cc2cncs2)CC1)N1CC2CCCCC2C1. The van der Waals surface area contributed by atoms with Gasteiger partial charge in [0.05, 0.1) is 5.51 Å². The largest absolute Gasteiger partial charge is 0.342 e. The van der Waals surface area contributed by atoms with E-state index in [0.29, 0.717) is 5.91 Å². The Labute approximate surface area is 142 Å². The van der Waals surface area contributed by atoms with Gasteiger partial charge in [0.25, 0.3) is 0 Å². The lowest BCUT2D eigenvalue weighted by molar-refractivity contribution is -0.136. The number of thiazole rings is 1. The molecule has 3 aliphatic rings. The molecule has 2 atom stereocenters. The van der Waals surface area contributed by atoms with Gasteiger partial charge >= 0.3 is 0 Å². The van der Waals surface area contributed by atoms with Crippen LogP contribution in [0.2, 0.25) is 0 Å². The van der Waals surface area contributed by atoms with Crippen LogP contribution in [-0.2, 0) is 11.3 Å². The van der Waals surface area contributed by atoms with Crippen LogP contribution in [-0.4, -0.2) is 46.9 Å². The van der Waals surface area contributed by atoms with Gasteiger partial charge in [-0.3, -0.25) is 14.7 Å². The molecule has 1 saturated carbocycles. The van der Waals surface area contributed by atoms with Crippen molar-refractivity contribution in [2.45, 2.75) is 45.1 Å². The van der Waals surface area contributed by atoms with Gasteiger partial charge in [-0.25, -0.2) is 0 Å². The van der Waals surface area contributed by atoms with Gasteiger partial charge in [0.2, 0.25) is 5.91 Å². The third kappa shape index (κ3) is 3.45. The zero-order valence-electron chi connectivity index (χ0n) is 13.8. The Morgan fingerprint density at radius 3 is 2.43 bits per heavy atom. The fourth-order valence-electron chi connectivity index (χ4n) is 4.72. The maximum absolute atomic E-state index is 12.9. The number of fused-ring (bicyclic) bond motifs is 1. The standard InChI is InChI=1S/C18H27N3OS/c22-18(21-10-15-3-1-2-4-16(15)11-21)14-5-7-20(8-6-14)12-17-9-19-13-23-17/h9,13-16H,1-8,10-12H2. The lowest BCUT2D eigenvalue weighted by atomic mass is 9.82. The van der Waals surface area contributed by atoms with Crippen LogP contribution in [0.25, 0.3) is 0 Å². The molecule has 3 heterocycles. The molecule has 23 heavy (non-hydrogen) atoms. The van der Waals surface area contributed by atoms with Crippen molar-refractivity contribution >= 4 is 17.2 Å². The number of carbonyl (C=O) groups excluding carboxylic acids is 1. The number of aromatic nitrogens is 1. The molecule has 1 amide bonds. The number of nitrogens with zero attached hydrogens (tertiary/aromatic N) is 3. The minimum absolute atomic E-state index is 0.271. The summed E-state index contributed by atoms with van der Waals surface area (Å²) in [5, 5.41) is 0. The topological polar surface area (TPSA) is 36.4 Å². The average molecular weight is 334 g/mol. The Hall–Kier alpha value is -0.940. The van der Waals surface area contributed by atoms with E-state index in [0.717, 1.165) is 57.4 Å². The van der Waals surface area contributed by atoms with Gasteiger partial charge in [-0.2, -0.15) is 0 Å². The summed E-state index contributed by atoms with van der Waals surface area (Å²) >= 11 is 1.73. The van der Waals surface area contributed by atoms with Crippen LogP contribution in [0.3, 0.4) is 0 Å². The zero-order chi connectivity index (χ0) is 15.6. The summed E-state index contributed by atoms with van der Waals surface area (Å²) in [4.78, 5) is 23.0. The summed E-state index contributed by atoms with van der Waals surface area (Å²) in [6.45, 7) is 5.19. The van der Waals surface area contributed by atoms with Crippen LogP contribution in [0.15, 0.2) is 11.7 Å². The van der Waals surface area contributed by atoms with Crippen molar-refractivity contribution in [3.8, 4) is 0 Å². The van der Waals surface area contributed by atoms with Crippen molar-refractivity contribution in [1.29, 1.82) is 0 Å². The van der Waals surface area contributed by atoms with Gasteiger partial charge in [0.1, 0.15) is 0 Å². The molecule has 1 aliphatic carbocycles. The molecular weight excluding hydrogens is 306 g/mol. The maximum Gasteiger partial charge on any atom is 0.225 e. The molecular formula is C18H27N3OS. The molecule has 1 aromatic heterocycles. The van der Waals surface area contributed by atoms with Gasteiger partial charge in [0, 0.05) is 36.6 Å². The molecule has 0 bridgehead atoms. The van der Waals surface area contributed by atoms with Crippen LogP contribution in [0.5, 0.6) is 0 Å². The summed E-state index contributed by atoms with van der Waals surface area (Å²) in [7, 11) is 0. The van der Waals surface area contributed by atoms with Crippen molar-refractivity contribution in [2.75, 3.05) is 26.2 Å². The summed E-state index contributed by atoms with van der Waals surface area (Å²) in [5.41, 5.74) is 1.90. The predicted molar refractivity (Wildman–Crippen MR) is 92.1 cm³/mol. The fourth-order valence-corrected chi connectivity index (χ4v) is 5.36. The van der Waals surface area contributed by atoms with Crippen molar-refractivity contribution < 1.29 is 4.79 Å². The normalized spacial score (nSPS) is 29.7. The summed E-state index contributed by atoms with van der Waals surface area (Å²) in [6, 6.07) is 0. The van der Waals surface area contributed by atoms with Crippen LogP contribution in [0.1, 0.15) is 43.4 Å². The average Bonchev–Trinajstić information content (AvgIpc) is 3.24. The van der Waals surface area contributed by atoms with E-state index in [4.69, 9.17) is 0 Å². The quantitative estimate of drug-likeness (QED) is 0.853. The van der Waals surface area contributed by atoms with Crippen LogP contribution < -0.4 is 0 Å². The van der Waals surface area contributed by atoms with Crippen LogP contribution in [0, 0.1) is 17.8 Å². The maximum atomic E-state index is 12.9. The highest BCUT2D eigenvalue weighted by Crippen LogP contribution is 2.37. The number of carbonyl (C=O) groups is 1. The third-order valence-electron chi connectivity index (χ3n) is 6.09. The van der Waals surface area contributed by atoms with E-state index >= 15 is 0 Å². The molecule has 0 N–H and O–H groups in total. The number of piperidine rings is 1. The van der Waals surface area contributed by atoms with E-state index in [1.807, 2.05) is 11.7 Å². The Balaban J connectivity index is 1.27. The second-order valence-corrected chi connectivity index (χ2v) is 8.54. The number of likely N-dealkylation sites (tertiary alicyclic amines) is 2. The second-order valence-electron chi connectivity index (χ2n) is 7.57. The van der Waals surface area contributed by atoms with Crippen molar-refractivity contribution in [1.82, 2.24) is 14.8 Å². The first kappa shape index (κ1) is 15.6. The van der Waals surface area contributed by atoms with Gasteiger partial charge < -0.3 is 4.90 Å². The summed E-state index contributed by atoms with van der Waals surface area (Å²) in [5.74, 6) is 2.34. The van der Waals surface area contributed by atoms with E-state index in [1.165, 1.54) is 30.6 Å². The highest BCUT2D eigenvalue weighted by molar-refractivity contribution is 7.09. The third-order valence-corrected chi connectivity index (χ3v) is 6.85. The number of amides is 1. The molecule has 0 radical (unpaired) electrons. The summed E-state index contributed by atoms with van der Waals surface area (Å²) in [6.07, 6.45) is 9.47. The number of hydrogen-bond acceptors (Lipinski definition) is 4. The highest BCUT2D eigenvalue weighted by Gasteiger charge is 2.38. The smallest absolute Gasteiger partial charge is 0.225 e. The van der Waals surface area contributed by atoms with E-state index < -0.39 is 0 Å². The lowest BCUT2D eigenvalue weighted by Gasteiger charge is -2.33. The molecule has 5 heteroatoms. The van der Waals surface area contributed by atoms with E-state index in [-0.39, 0.29) is 5.92 Å².